The molecule has 0 heterocycles. The molecule has 0 amide bonds. The fourth-order valence-corrected chi connectivity index (χ4v) is 2.17. The zero-order chi connectivity index (χ0) is 12.8. The Morgan fingerprint density at radius 3 is 2.82 bits per heavy atom. The van der Waals surface area contributed by atoms with E-state index in [-0.39, 0.29) is 10.9 Å². The number of carbonyl (C=O) groups excluding carboxylic acids is 1. The second-order valence-electron chi connectivity index (χ2n) is 3.70. The van der Waals surface area contributed by atoms with Crippen LogP contribution in [0, 0.1) is 6.92 Å². The number of hydrogen-bond acceptors (Lipinski definition) is 3. The van der Waals surface area contributed by atoms with Crippen LogP contribution in [0.25, 0.3) is 6.08 Å². The summed E-state index contributed by atoms with van der Waals surface area (Å²) in [5.74, 6) is 0.923. The molecule has 0 unspecified atom stereocenters. The van der Waals surface area contributed by atoms with Gasteiger partial charge in [-0.15, -0.1) is 0 Å². The standard InChI is InChI=1S/C13H15ClO2S/c1-9-7-11(8-12(14)13(9)16)5-3-4-6-17-10(2)15/h3,5,7-8,16H,4,6H2,1-2H3. The number of rotatable bonds is 4. The summed E-state index contributed by atoms with van der Waals surface area (Å²) in [5.41, 5.74) is 1.72. The van der Waals surface area contributed by atoms with E-state index in [9.17, 15) is 9.90 Å². The molecule has 0 saturated heterocycles. The van der Waals surface area contributed by atoms with Crippen LogP contribution < -0.4 is 0 Å². The average molecular weight is 271 g/mol. The molecule has 0 bridgehead atoms. The van der Waals surface area contributed by atoms with E-state index in [2.05, 4.69) is 0 Å². The first-order chi connectivity index (χ1) is 8.00. The molecule has 92 valence electrons. The van der Waals surface area contributed by atoms with Crippen molar-refractivity contribution in [3.8, 4) is 5.75 Å². The highest BCUT2D eigenvalue weighted by molar-refractivity contribution is 8.13. The summed E-state index contributed by atoms with van der Waals surface area (Å²) < 4.78 is 0. The van der Waals surface area contributed by atoms with Gasteiger partial charge in [0.15, 0.2) is 5.12 Å². The first kappa shape index (κ1) is 14.1. The van der Waals surface area contributed by atoms with Crippen LogP contribution in [0.1, 0.15) is 24.5 Å². The zero-order valence-electron chi connectivity index (χ0n) is 9.87. The molecule has 0 aromatic heterocycles. The molecule has 4 heteroatoms. The van der Waals surface area contributed by atoms with Gasteiger partial charge in [0.1, 0.15) is 5.75 Å². The Labute approximate surface area is 111 Å². The average Bonchev–Trinajstić information content (AvgIpc) is 2.25. The highest BCUT2D eigenvalue weighted by Gasteiger charge is 2.02. The third-order valence-electron chi connectivity index (χ3n) is 2.18. The molecule has 2 nitrogen and oxygen atoms in total. The van der Waals surface area contributed by atoms with Crippen molar-refractivity contribution in [2.24, 2.45) is 0 Å². The number of thioether (sulfide) groups is 1. The third-order valence-corrected chi connectivity index (χ3v) is 3.31. The summed E-state index contributed by atoms with van der Waals surface area (Å²) in [6.45, 7) is 3.38. The number of phenolic OH excluding ortho intramolecular Hbond substituents is 1. The quantitative estimate of drug-likeness (QED) is 0.839. The van der Waals surface area contributed by atoms with Crippen molar-refractivity contribution in [2.45, 2.75) is 20.3 Å². The lowest BCUT2D eigenvalue weighted by Gasteiger charge is -2.03. The number of hydrogen-bond donors (Lipinski definition) is 1. The Hall–Kier alpha value is -0.930. The molecule has 1 aromatic rings. The predicted octanol–water partition coefficient (Wildman–Crippen LogP) is 4.04. The van der Waals surface area contributed by atoms with E-state index < -0.39 is 0 Å². The number of aromatic hydroxyl groups is 1. The van der Waals surface area contributed by atoms with Gasteiger partial charge in [0, 0.05) is 12.7 Å². The first-order valence-electron chi connectivity index (χ1n) is 5.29. The van der Waals surface area contributed by atoms with Crippen LogP contribution in [0.15, 0.2) is 18.2 Å². The first-order valence-corrected chi connectivity index (χ1v) is 6.66. The second-order valence-corrected chi connectivity index (χ2v) is 5.38. The maximum absolute atomic E-state index is 10.7. The van der Waals surface area contributed by atoms with E-state index in [1.54, 1.807) is 13.0 Å². The molecule has 0 radical (unpaired) electrons. The fraction of sp³-hybridized carbons (Fsp3) is 0.308. The van der Waals surface area contributed by atoms with Gasteiger partial charge < -0.3 is 5.11 Å². The monoisotopic (exact) mass is 270 g/mol. The minimum absolute atomic E-state index is 0.135. The van der Waals surface area contributed by atoms with Gasteiger partial charge in [-0.3, -0.25) is 4.79 Å². The topological polar surface area (TPSA) is 37.3 Å². The third kappa shape index (κ3) is 4.84. The summed E-state index contributed by atoms with van der Waals surface area (Å²) in [6.07, 6.45) is 4.78. The number of allylic oxidation sites excluding steroid dienone is 1. The normalized spacial score (nSPS) is 11.0. The highest BCUT2D eigenvalue weighted by Crippen LogP contribution is 2.28. The Morgan fingerprint density at radius 2 is 2.24 bits per heavy atom. The highest BCUT2D eigenvalue weighted by atomic mass is 35.5. The van der Waals surface area contributed by atoms with Crippen LogP contribution in [-0.4, -0.2) is 16.0 Å². The van der Waals surface area contributed by atoms with Crippen molar-refractivity contribution in [3.63, 3.8) is 0 Å². The number of aryl methyl sites for hydroxylation is 1. The van der Waals surface area contributed by atoms with E-state index in [1.165, 1.54) is 11.8 Å². The Balaban J connectivity index is 2.57. The summed E-state index contributed by atoms with van der Waals surface area (Å²) >= 11 is 7.19. The molecule has 1 aromatic carbocycles. The van der Waals surface area contributed by atoms with Gasteiger partial charge >= 0.3 is 0 Å². The van der Waals surface area contributed by atoms with Gasteiger partial charge in [0.2, 0.25) is 0 Å². The number of halogens is 1. The zero-order valence-corrected chi connectivity index (χ0v) is 11.4. The molecule has 0 atom stereocenters. The van der Waals surface area contributed by atoms with Crippen molar-refractivity contribution in [1.29, 1.82) is 0 Å². The van der Waals surface area contributed by atoms with Crippen LogP contribution in [0.4, 0.5) is 0 Å². The lowest BCUT2D eigenvalue weighted by atomic mass is 10.1. The van der Waals surface area contributed by atoms with Gasteiger partial charge in [0.05, 0.1) is 5.02 Å². The van der Waals surface area contributed by atoms with Gasteiger partial charge in [-0.25, -0.2) is 0 Å². The maximum atomic E-state index is 10.7. The van der Waals surface area contributed by atoms with Crippen molar-refractivity contribution in [1.82, 2.24) is 0 Å². The SMILES string of the molecule is CC(=O)SCCC=Cc1cc(C)c(O)c(Cl)c1. The molecule has 0 aliphatic heterocycles. The number of phenols is 1. The number of benzene rings is 1. The van der Waals surface area contributed by atoms with Crippen molar-refractivity contribution >= 4 is 34.6 Å². The van der Waals surface area contributed by atoms with Crippen molar-refractivity contribution in [3.05, 3.63) is 34.4 Å². The molecule has 0 spiro atoms. The molecular weight excluding hydrogens is 256 g/mol. The van der Waals surface area contributed by atoms with E-state index >= 15 is 0 Å². The van der Waals surface area contributed by atoms with Crippen LogP contribution in [0.3, 0.4) is 0 Å². The summed E-state index contributed by atoms with van der Waals surface area (Å²) in [4.78, 5) is 10.7. The van der Waals surface area contributed by atoms with E-state index in [1.807, 2.05) is 25.1 Å². The van der Waals surface area contributed by atoms with E-state index in [4.69, 9.17) is 11.6 Å². The predicted molar refractivity (Wildman–Crippen MR) is 74.6 cm³/mol. The largest absolute Gasteiger partial charge is 0.506 e. The smallest absolute Gasteiger partial charge is 0.185 e. The van der Waals surface area contributed by atoms with Gasteiger partial charge in [-0.05, 0) is 36.6 Å². The minimum atomic E-state index is 0.135. The molecular formula is C13H15ClO2S. The van der Waals surface area contributed by atoms with Crippen LogP contribution in [0.2, 0.25) is 5.02 Å². The lowest BCUT2D eigenvalue weighted by molar-refractivity contribution is -0.109. The fourth-order valence-electron chi connectivity index (χ4n) is 1.35. The molecule has 0 aliphatic carbocycles. The maximum Gasteiger partial charge on any atom is 0.185 e. The Bertz CT molecular complexity index is 418. The molecule has 1 rings (SSSR count). The molecule has 0 aliphatic rings. The van der Waals surface area contributed by atoms with E-state index in [0.29, 0.717) is 5.02 Å². The summed E-state index contributed by atoms with van der Waals surface area (Å²) in [7, 11) is 0. The summed E-state index contributed by atoms with van der Waals surface area (Å²) in [5, 5.41) is 10.0. The molecule has 17 heavy (non-hydrogen) atoms. The summed E-state index contributed by atoms with van der Waals surface area (Å²) in [6, 6.07) is 3.59. The van der Waals surface area contributed by atoms with E-state index in [0.717, 1.165) is 23.3 Å². The Morgan fingerprint density at radius 1 is 1.53 bits per heavy atom. The molecule has 0 saturated carbocycles. The van der Waals surface area contributed by atoms with Crippen LogP contribution in [0.5, 0.6) is 5.75 Å². The number of carbonyl (C=O) groups is 1. The van der Waals surface area contributed by atoms with Gasteiger partial charge in [0.25, 0.3) is 0 Å². The van der Waals surface area contributed by atoms with Gasteiger partial charge in [-0.2, -0.15) is 0 Å². The molecule has 0 fully saturated rings. The van der Waals surface area contributed by atoms with Crippen LogP contribution in [-0.2, 0) is 4.79 Å². The Kier molecular flexibility index (Phi) is 5.59. The van der Waals surface area contributed by atoms with Gasteiger partial charge in [-0.1, -0.05) is 35.5 Å². The van der Waals surface area contributed by atoms with Crippen molar-refractivity contribution < 1.29 is 9.90 Å². The van der Waals surface area contributed by atoms with Crippen molar-refractivity contribution in [2.75, 3.05) is 5.75 Å². The lowest BCUT2D eigenvalue weighted by Crippen LogP contribution is -1.84. The van der Waals surface area contributed by atoms with Crippen LogP contribution >= 0.6 is 23.4 Å². The molecule has 1 N–H and O–H groups in total. The minimum Gasteiger partial charge on any atom is -0.506 e. The second kappa shape index (κ2) is 6.72.